The lowest BCUT2D eigenvalue weighted by Gasteiger charge is -2.13. The van der Waals surface area contributed by atoms with Crippen LogP contribution in [0.2, 0.25) is 0 Å². The number of hydrogen-bond donors (Lipinski definition) is 1. The molecule has 1 aromatic carbocycles. The number of nitrogens with zero attached hydrogens (tertiary/aromatic N) is 3. The quantitative estimate of drug-likeness (QED) is 0.688. The molecule has 0 radical (unpaired) electrons. The van der Waals surface area contributed by atoms with Crippen molar-refractivity contribution in [3.8, 4) is 16.9 Å². The molecule has 0 bridgehead atoms. The van der Waals surface area contributed by atoms with E-state index in [0.29, 0.717) is 35.0 Å². The van der Waals surface area contributed by atoms with Crippen molar-refractivity contribution in [2.75, 3.05) is 6.54 Å². The second kappa shape index (κ2) is 7.98. The minimum atomic E-state index is -0.351. The molecule has 1 aliphatic rings. The number of benzene rings is 1. The summed E-state index contributed by atoms with van der Waals surface area (Å²) in [7, 11) is 0. The van der Waals surface area contributed by atoms with Crippen LogP contribution in [0.25, 0.3) is 11.1 Å². The highest BCUT2D eigenvalue weighted by atomic mass is 19.1. The molecule has 29 heavy (non-hydrogen) atoms. The van der Waals surface area contributed by atoms with Gasteiger partial charge in [0.05, 0.1) is 6.54 Å². The Balaban J connectivity index is 1.42. The maximum Gasteiger partial charge on any atom is 0.273 e. The van der Waals surface area contributed by atoms with Crippen LogP contribution in [0.15, 0.2) is 41.4 Å². The molecule has 0 fully saturated rings. The lowest BCUT2D eigenvalue weighted by Crippen LogP contribution is -2.34. The second-order valence-corrected chi connectivity index (χ2v) is 7.50. The lowest BCUT2D eigenvalue weighted by molar-refractivity contribution is 0.0924. The molecule has 7 nitrogen and oxygen atoms in total. The lowest BCUT2D eigenvalue weighted by atomic mass is 10.0. The first-order valence-electron chi connectivity index (χ1n) is 9.48. The van der Waals surface area contributed by atoms with Crippen LogP contribution in [0.4, 0.5) is 4.39 Å². The van der Waals surface area contributed by atoms with Gasteiger partial charge < -0.3 is 14.6 Å². The number of rotatable bonds is 6. The molecule has 2 aromatic heterocycles. The van der Waals surface area contributed by atoms with E-state index in [2.05, 4.69) is 34.3 Å². The third-order valence-electron chi connectivity index (χ3n) is 4.63. The van der Waals surface area contributed by atoms with Crippen molar-refractivity contribution < 1.29 is 18.4 Å². The molecule has 1 N–H and O–H groups in total. The largest absolute Gasteiger partial charge is 0.487 e. The number of aromatic nitrogens is 3. The first kappa shape index (κ1) is 19.0. The fraction of sp³-hybridized carbons (Fsp3) is 0.333. The van der Waals surface area contributed by atoms with E-state index in [1.165, 1.54) is 18.5 Å². The van der Waals surface area contributed by atoms with Gasteiger partial charge in [-0.05, 0) is 18.1 Å². The van der Waals surface area contributed by atoms with Crippen LogP contribution in [-0.2, 0) is 12.8 Å². The van der Waals surface area contributed by atoms with Gasteiger partial charge in [0.1, 0.15) is 29.8 Å². The summed E-state index contributed by atoms with van der Waals surface area (Å²) < 4.78 is 25.3. The fourth-order valence-corrected chi connectivity index (χ4v) is 3.38. The summed E-state index contributed by atoms with van der Waals surface area (Å²) in [5.74, 6) is 1.01. The summed E-state index contributed by atoms with van der Waals surface area (Å²) in [5, 5.41) is 6.64. The van der Waals surface area contributed by atoms with Crippen LogP contribution in [0, 0.1) is 11.7 Å². The summed E-state index contributed by atoms with van der Waals surface area (Å²) in [5.41, 5.74) is 2.27. The van der Waals surface area contributed by atoms with Crippen LogP contribution in [0.5, 0.6) is 5.75 Å². The molecule has 8 heteroatoms. The van der Waals surface area contributed by atoms with Crippen LogP contribution >= 0.6 is 0 Å². The molecule has 0 spiro atoms. The Bertz CT molecular complexity index is 1020. The topological polar surface area (TPSA) is 90.1 Å². The standard InChI is InChI=1S/C21H21FN4O3/c1-12(2)3-16-7-19(26-29-16)21(27)25-10-17-5-13-4-15(22)6-18(20(13)28-17)14-8-23-11-24-9-14/h4,6-9,11-12,17H,3,5,10H2,1-2H3,(H,25,27). The minimum absolute atomic E-state index is 0.240. The van der Waals surface area contributed by atoms with Crippen LogP contribution < -0.4 is 10.1 Å². The number of amides is 1. The Hall–Kier alpha value is -3.29. The third-order valence-corrected chi connectivity index (χ3v) is 4.63. The van der Waals surface area contributed by atoms with Crippen molar-refractivity contribution in [2.24, 2.45) is 5.92 Å². The van der Waals surface area contributed by atoms with Crippen molar-refractivity contribution in [1.82, 2.24) is 20.4 Å². The number of halogens is 1. The van der Waals surface area contributed by atoms with E-state index in [9.17, 15) is 9.18 Å². The summed E-state index contributed by atoms with van der Waals surface area (Å²) >= 11 is 0. The van der Waals surface area contributed by atoms with Gasteiger partial charge in [0, 0.05) is 48.0 Å². The summed E-state index contributed by atoms with van der Waals surface area (Å²) in [4.78, 5) is 20.3. The summed E-state index contributed by atoms with van der Waals surface area (Å²) in [6.45, 7) is 4.40. The molecule has 1 aliphatic heterocycles. The van der Waals surface area contributed by atoms with E-state index >= 15 is 0 Å². The highest BCUT2D eigenvalue weighted by Crippen LogP contribution is 2.39. The molecule has 3 heterocycles. The van der Waals surface area contributed by atoms with E-state index < -0.39 is 0 Å². The van der Waals surface area contributed by atoms with E-state index in [1.807, 2.05) is 0 Å². The Morgan fingerprint density at radius 3 is 2.83 bits per heavy atom. The van der Waals surface area contributed by atoms with Gasteiger partial charge in [0.15, 0.2) is 5.69 Å². The molecule has 0 saturated carbocycles. The Kier molecular flexibility index (Phi) is 5.24. The summed E-state index contributed by atoms with van der Waals surface area (Å²) in [6, 6.07) is 4.52. The van der Waals surface area contributed by atoms with E-state index in [1.54, 1.807) is 18.5 Å². The van der Waals surface area contributed by atoms with Crippen molar-refractivity contribution in [2.45, 2.75) is 32.8 Å². The molecule has 1 atom stereocenters. The Morgan fingerprint density at radius 2 is 2.07 bits per heavy atom. The van der Waals surface area contributed by atoms with Gasteiger partial charge in [-0.25, -0.2) is 14.4 Å². The highest BCUT2D eigenvalue weighted by molar-refractivity contribution is 5.92. The molecule has 3 aromatic rings. The van der Waals surface area contributed by atoms with Gasteiger partial charge in [-0.2, -0.15) is 0 Å². The smallest absolute Gasteiger partial charge is 0.273 e. The van der Waals surface area contributed by atoms with E-state index in [-0.39, 0.29) is 30.1 Å². The number of ether oxygens (including phenoxy) is 1. The molecule has 0 aliphatic carbocycles. The van der Waals surface area contributed by atoms with Gasteiger partial charge in [-0.15, -0.1) is 0 Å². The molecule has 0 saturated heterocycles. The molecular formula is C21H21FN4O3. The van der Waals surface area contributed by atoms with Gasteiger partial charge in [-0.3, -0.25) is 4.79 Å². The first-order chi connectivity index (χ1) is 14.0. The van der Waals surface area contributed by atoms with Gasteiger partial charge in [0.25, 0.3) is 5.91 Å². The monoisotopic (exact) mass is 396 g/mol. The van der Waals surface area contributed by atoms with Crippen molar-refractivity contribution in [3.05, 3.63) is 59.8 Å². The van der Waals surface area contributed by atoms with Crippen molar-refractivity contribution in [3.63, 3.8) is 0 Å². The normalized spacial score (nSPS) is 15.2. The Morgan fingerprint density at radius 1 is 1.28 bits per heavy atom. The third kappa shape index (κ3) is 4.26. The molecule has 1 amide bonds. The SMILES string of the molecule is CC(C)Cc1cc(C(=O)NCC2Cc3cc(F)cc(-c4cncnc4)c3O2)no1. The number of nitrogens with one attached hydrogen (secondary N) is 1. The van der Waals surface area contributed by atoms with Crippen LogP contribution in [0.3, 0.4) is 0 Å². The van der Waals surface area contributed by atoms with Gasteiger partial charge in [-0.1, -0.05) is 19.0 Å². The number of carbonyl (C=O) groups excluding carboxylic acids is 1. The average molecular weight is 396 g/mol. The predicted molar refractivity (Wildman–Crippen MR) is 103 cm³/mol. The molecular weight excluding hydrogens is 375 g/mol. The predicted octanol–water partition coefficient (Wildman–Crippen LogP) is 3.20. The Labute approximate surface area is 167 Å². The number of hydrogen-bond acceptors (Lipinski definition) is 6. The fourth-order valence-electron chi connectivity index (χ4n) is 3.38. The van der Waals surface area contributed by atoms with Crippen molar-refractivity contribution >= 4 is 5.91 Å². The number of carbonyl (C=O) groups is 1. The maximum absolute atomic E-state index is 14.1. The molecule has 150 valence electrons. The second-order valence-electron chi connectivity index (χ2n) is 7.50. The van der Waals surface area contributed by atoms with Crippen LogP contribution in [-0.4, -0.2) is 33.7 Å². The van der Waals surface area contributed by atoms with Crippen LogP contribution in [0.1, 0.15) is 35.7 Å². The van der Waals surface area contributed by atoms with Gasteiger partial charge >= 0.3 is 0 Å². The zero-order chi connectivity index (χ0) is 20.4. The van der Waals surface area contributed by atoms with E-state index in [4.69, 9.17) is 9.26 Å². The number of fused-ring (bicyclic) bond motifs is 1. The average Bonchev–Trinajstić information content (AvgIpc) is 3.32. The minimum Gasteiger partial charge on any atom is -0.487 e. The van der Waals surface area contributed by atoms with Gasteiger partial charge in [0.2, 0.25) is 0 Å². The first-order valence-corrected chi connectivity index (χ1v) is 9.48. The molecule has 1 unspecified atom stereocenters. The summed E-state index contributed by atoms with van der Waals surface area (Å²) in [6.07, 6.45) is 5.55. The maximum atomic E-state index is 14.1. The van der Waals surface area contributed by atoms with E-state index in [0.717, 1.165) is 12.0 Å². The zero-order valence-corrected chi connectivity index (χ0v) is 16.2. The molecule has 4 rings (SSSR count). The van der Waals surface area contributed by atoms with Crippen molar-refractivity contribution in [1.29, 1.82) is 0 Å². The zero-order valence-electron chi connectivity index (χ0n) is 16.2. The highest BCUT2D eigenvalue weighted by Gasteiger charge is 2.28.